The van der Waals surface area contributed by atoms with Crippen molar-refractivity contribution in [1.29, 1.82) is 0 Å². The van der Waals surface area contributed by atoms with Crippen LogP contribution < -0.4 is 9.47 Å². The maximum Gasteiger partial charge on any atom is 0.267 e. The van der Waals surface area contributed by atoms with Gasteiger partial charge in [0.25, 0.3) is 5.91 Å². The van der Waals surface area contributed by atoms with Gasteiger partial charge in [0.05, 0.1) is 7.11 Å². The molecule has 5 nitrogen and oxygen atoms in total. The number of phenols is 1. The van der Waals surface area contributed by atoms with Crippen LogP contribution in [0.4, 0.5) is 0 Å². The Balaban J connectivity index is 1.60. The Bertz CT molecular complexity index is 939. The number of β-lactam (4-membered cyclic amide) rings is 1. The molecule has 0 spiro atoms. The molecule has 1 heterocycles. The van der Waals surface area contributed by atoms with Crippen molar-refractivity contribution in [3.05, 3.63) is 90.0 Å². The molecule has 1 aliphatic heterocycles. The molecular formula is C23H21NO4. The van der Waals surface area contributed by atoms with Gasteiger partial charge in [0.15, 0.2) is 0 Å². The van der Waals surface area contributed by atoms with Crippen LogP contribution in [0.3, 0.4) is 0 Å². The number of ether oxygens (including phenoxy) is 2. The average molecular weight is 375 g/mol. The highest BCUT2D eigenvalue weighted by Gasteiger charge is 2.50. The molecule has 0 aliphatic carbocycles. The molecule has 3 aromatic carbocycles. The fourth-order valence-corrected chi connectivity index (χ4v) is 3.42. The van der Waals surface area contributed by atoms with Crippen LogP contribution in [-0.2, 0) is 11.3 Å². The van der Waals surface area contributed by atoms with E-state index in [0.717, 1.165) is 16.9 Å². The van der Waals surface area contributed by atoms with Gasteiger partial charge in [-0.15, -0.1) is 0 Å². The Labute approximate surface area is 163 Å². The maximum atomic E-state index is 12.9. The number of phenolic OH excluding ortho intramolecular Hbond substituents is 1. The minimum atomic E-state index is -0.610. The highest BCUT2D eigenvalue weighted by atomic mass is 16.5. The van der Waals surface area contributed by atoms with Crippen LogP contribution in [0.25, 0.3) is 0 Å². The number of nitrogens with zero attached hydrogens (tertiary/aromatic N) is 1. The third-order valence-corrected chi connectivity index (χ3v) is 4.90. The number of aromatic hydroxyl groups is 1. The average Bonchev–Trinajstić information content (AvgIpc) is 2.75. The number of carbonyl (C=O) groups excluding carboxylic acids is 1. The van der Waals surface area contributed by atoms with Gasteiger partial charge in [-0.25, -0.2) is 0 Å². The van der Waals surface area contributed by atoms with Gasteiger partial charge in [-0.2, -0.15) is 0 Å². The molecule has 0 bridgehead atoms. The van der Waals surface area contributed by atoms with Gasteiger partial charge < -0.3 is 19.5 Å². The molecule has 0 unspecified atom stereocenters. The van der Waals surface area contributed by atoms with E-state index in [-0.39, 0.29) is 17.7 Å². The van der Waals surface area contributed by atoms with Crippen molar-refractivity contribution in [1.82, 2.24) is 4.90 Å². The summed E-state index contributed by atoms with van der Waals surface area (Å²) in [4.78, 5) is 14.7. The smallest absolute Gasteiger partial charge is 0.267 e. The molecule has 0 aromatic heterocycles. The summed E-state index contributed by atoms with van der Waals surface area (Å²) in [5.41, 5.74) is 2.05. The first-order valence-corrected chi connectivity index (χ1v) is 9.10. The fraction of sp³-hybridized carbons (Fsp3) is 0.174. The lowest BCUT2D eigenvalue weighted by molar-refractivity contribution is -0.165. The first kappa shape index (κ1) is 17.9. The van der Waals surface area contributed by atoms with Crippen LogP contribution >= 0.6 is 0 Å². The monoisotopic (exact) mass is 375 g/mol. The van der Waals surface area contributed by atoms with Crippen molar-refractivity contribution in [2.75, 3.05) is 7.11 Å². The Kier molecular flexibility index (Phi) is 4.89. The Morgan fingerprint density at radius 3 is 2.18 bits per heavy atom. The summed E-state index contributed by atoms with van der Waals surface area (Å²) >= 11 is 0. The van der Waals surface area contributed by atoms with Gasteiger partial charge in [0.1, 0.15) is 23.3 Å². The van der Waals surface area contributed by atoms with Gasteiger partial charge in [0, 0.05) is 6.54 Å². The van der Waals surface area contributed by atoms with E-state index < -0.39 is 6.10 Å². The minimum Gasteiger partial charge on any atom is -0.508 e. The van der Waals surface area contributed by atoms with Crippen LogP contribution in [0, 0.1) is 0 Å². The largest absolute Gasteiger partial charge is 0.508 e. The summed E-state index contributed by atoms with van der Waals surface area (Å²) < 4.78 is 11.2. The molecule has 1 aliphatic rings. The number of hydrogen-bond acceptors (Lipinski definition) is 4. The number of likely N-dealkylation sites (tertiary alicyclic amines) is 1. The van der Waals surface area contributed by atoms with E-state index in [1.54, 1.807) is 31.4 Å². The Morgan fingerprint density at radius 2 is 1.54 bits per heavy atom. The highest BCUT2D eigenvalue weighted by Crippen LogP contribution is 2.39. The minimum absolute atomic E-state index is 0.0576. The molecule has 5 heteroatoms. The first-order chi connectivity index (χ1) is 13.7. The SMILES string of the molecule is COc1ccc([C@@H]2[C@H](Oc3ccc(O)cc3)C(=O)N2Cc2ccccc2)cc1. The summed E-state index contributed by atoms with van der Waals surface area (Å²) in [7, 11) is 1.63. The third-order valence-electron chi connectivity index (χ3n) is 4.90. The lowest BCUT2D eigenvalue weighted by Gasteiger charge is -2.47. The molecule has 1 N–H and O–H groups in total. The lowest BCUT2D eigenvalue weighted by atomic mass is 9.89. The van der Waals surface area contributed by atoms with E-state index in [1.807, 2.05) is 59.5 Å². The molecular weight excluding hydrogens is 354 g/mol. The predicted molar refractivity (Wildman–Crippen MR) is 105 cm³/mol. The van der Waals surface area contributed by atoms with Crippen LogP contribution in [0.1, 0.15) is 17.2 Å². The highest BCUT2D eigenvalue weighted by molar-refractivity contribution is 5.89. The standard InChI is InChI=1S/C23H21NO4/c1-27-19-11-7-17(8-12-19)21-22(28-20-13-9-18(25)10-14-20)23(26)24(21)15-16-5-3-2-4-6-16/h2-14,21-22,25H,15H2,1H3/t21-,22+/m1/s1. The molecule has 1 saturated heterocycles. The van der Waals surface area contributed by atoms with Crippen molar-refractivity contribution in [2.24, 2.45) is 0 Å². The van der Waals surface area contributed by atoms with Gasteiger partial charge in [-0.1, -0.05) is 42.5 Å². The summed E-state index contributed by atoms with van der Waals surface area (Å²) in [5.74, 6) is 1.41. The van der Waals surface area contributed by atoms with E-state index in [1.165, 1.54) is 0 Å². The van der Waals surface area contributed by atoms with Crippen molar-refractivity contribution in [2.45, 2.75) is 18.7 Å². The van der Waals surface area contributed by atoms with Crippen LogP contribution in [0.5, 0.6) is 17.2 Å². The molecule has 28 heavy (non-hydrogen) atoms. The Morgan fingerprint density at radius 1 is 0.893 bits per heavy atom. The number of hydrogen-bond donors (Lipinski definition) is 1. The number of carbonyl (C=O) groups is 1. The summed E-state index contributed by atoms with van der Waals surface area (Å²) in [6.07, 6.45) is -0.610. The molecule has 0 saturated carbocycles. The van der Waals surface area contributed by atoms with Gasteiger partial charge in [-0.05, 0) is 47.5 Å². The zero-order chi connectivity index (χ0) is 19.5. The van der Waals surface area contributed by atoms with E-state index in [0.29, 0.717) is 12.3 Å². The number of amides is 1. The number of rotatable bonds is 6. The zero-order valence-corrected chi connectivity index (χ0v) is 15.5. The summed E-state index contributed by atoms with van der Waals surface area (Å²) in [5, 5.41) is 9.46. The molecule has 142 valence electrons. The fourth-order valence-electron chi connectivity index (χ4n) is 3.42. The van der Waals surface area contributed by atoms with Crippen LogP contribution in [0.2, 0.25) is 0 Å². The van der Waals surface area contributed by atoms with E-state index in [2.05, 4.69) is 0 Å². The summed E-state index contributed by atoms with van der Waals surface area (Å²) in [6.45, 7) is 0.520. The third kappa shape index (κ3) is 3.51. The molecule has 4 rings (SSSR count). The molecule has 1 fully saturated rings. The normalized spacial score (nSPS) is 18.5. The van der Waals surface area contributed by atoms with Gasteiger partial charge in [-0.3, -0.25) is 4.79 Å². The molecule has 2 atom stereocenters. The van der Waals surface area contributed by atoms with Crippen molar-refractivity contribution < 1.29 is 19.4 Å². The maximum absolute atomic E-state index is 12.9. The van der Waals surface area contributed by atoms with Gasteiger partial charge in [0.2, 0.25) is 6.10 Å². The van der Waals surface area contributed by atoms with E-state index in [9.17, 15) is 9.90 Å². The van der Waals surface area contributed by atoms with Crippen molar-refractivity contribution >= 4 is 5.91 Å². The first-order valence-electron chi connectivity index (χ1n) is 9.10. The second-order valence-electron chi connectivity index (χ2n) is 6.70. The van der Waals surface area contributed by atoms with E-state index in [4.69, 9.17) is 9.47 Å². The molecule has 1 amide bonds. The Hall–Kier alpha value is -3.47. The van der Waals surface area contributed by atoms with Crippen LogP contribution in [0.15, 0.2) is 78.9 Å². The predicted octanol–water partition coefficient (Wildman–Crippen LogP) is 3.93. The molecule has 3 aromatic rings. The second kappa shape index (κ2) is 7.64. The quantitative estimate of drug-likeness (QED) is 0.663. The van der Waals surface area contributed by atoms with Crippen LogP contribution in [-0.4, -0.2) is 29.1 Å². The molecule has 0 radical (unpaired) electrons. The second-order valence-corrected chi connectivity index (χ2v) is 6.70. The van der Waals surface area contributed by atoms with Crippen molar-refractivity contribution in [3.63, 3.8) is 0 Å². The zero-order valence-electron chi connectivity index (χ0n) is 15.5. The summed E-state index contributed by atoms with van der Waals surface area (Å²) in [6, 6.07) is 23.8. The number of benzene rings is 3. The number of methoxy groups -OCH3 is 1. The van der Waals surface area contributed by atoms with Gasteiger partial charge >= 0.3 is 0 Å². The lowest BCUT2D eigenvalue weighted by Crippen LogP contribution is -2.60. The van der Waals surface area contributed by atoms with E-state index >= 15 is 0 Å². The van der Waals surface area contributed by atoms with Crippen molar-refractivity contribution in [3.8, 4) is 17.2 Å². The topological polar surface area (TPSA) is 59.0 Å².